The number of hydrogen-bond acceptors (Lipinski definition) is 2. The van der Waals surface area contributed by atoms with Crippen LogP contribution < -0.4 is 0 Å². The Morgan fingerprint density at radius 2 is 1.94 bits per heavy atom. The van der Waals surface area contributed by atoms with Crippen LogP contribution in [0.1, 0.15) is 18.9 Å². The zero-order valence-electron chi connectivity index (χ0n) is 9.60. The summed E-state index contributed by atoms with van der Waals surface area (Å²) in [5, 5.41) is 9.96. The monoisotopic (exact) mass is 216 g/mol. The number of hydrogen-bond donors (Lipinski definition) is 1. The van der Waals surface area contributed by atoms with E-state index in [0.29, 0.717) is 6.42 Å². The van der Waals surface area contributed by atoms with Crippen molar-refractivity contribution in [3.05, 3.63) is 53.8 Å². The maximum atomic E-state index is 9.96. The van der Waals surface area contributed by atoms with Gasteiger partial charge in [0.2, 0.25) is 0 Å². The van der Waals surface area contributed by atoms with Crippen LogP contribution in [0, 0.1) is 0 Å². The molecule has 0 saturated heterocycles. The largest absolute Gasteiger partial charge is 0.509 e. The highest BCUT2D eigenvalue weighted by molar-refractivity contribution is 5.75. The summed E-state index contributed by atoms with van der Waals surface area (Å²) in [6, 6.07) is 10.0. The van der Waals surface area contributed by atoms with E-state index in [1.54, 1.807) is 13.2 Å². The quantitative estimate of drug-likeness (QED) is 0.821. The van der Waals surface area contributed by atoms with Gasteiger partial charge in [-0.25, -0.2) is 0 Å². The van der Waals surface area contributed by atoms with Crippen LogP contribution in [0.2, 0.25) is 0 Å². The van der Waals surface area contributed by atoms with Crippen LogP contribution in [0.15, 0.2) is 48.2 Å². The van der Waals surface area contributed by atoms with Crippen molar-refractivity contribution >= 4 is 5.57 Å². The van der Waals surface area contributed by atoms with Crippen LogP contribution in [0.3, 0.4) is 0 Å². The third-order valence-electron chi connectivity index (χ3n) is 3.10. The average Bonchev–Trinajstić information content (AvgIpc) is 2.34. The molecule has 1 aliphatic carbocycles. The van der Waals surface area contributed by atoms with Gasteiger partial charge in [-0.1, -0.05) is 36.4 Å². The minimum Gasteiger partial charge on any atom is -0.509 e. The van der Waals surface area contributed by atoms with E-state index in [4.69, 9.17) is 4.74 Å². The van der Waals surface area contributed by atoms with E-state index in [-0.39, 0.29) is 5.76 Å². The maximum Gasteiger partial charge on any atom is 0.125 e. The van der Waals surface area contributed by atoms with Gasteiger partial charge in [0, 0.05) is 13.5 Å². The summed E-state index contributed by atoms with van der Waals surface area (Å²) in [4.78, 5) is 0. The van der Waals surface area contributed by atoms with E-state index in [1.807, 2.05) is 37.3 Å². The molecule has 0 amide bonds. The molecule has 1 atom stereocenters. The molecule has 0 spiro atoms. The summed E-state index contributed by atoms with van der Waals surface area (Å²) in [5.41, 5.74) is 1.60. The van der Waals surface area contributed by atoms with Gasteiger partial charge in [0.25, 0.3) is 0 Å². The molecule has 0 aliphatic heterocycles. The van der Waals surface area contributed by atoms with Gasteiger partial charge in [0.05, 0.1) is 0 Å². The fourth-order valence-corrected chi connectivity index (χ4v) is 1.79. The van der Waals surface area contributed by atoms with Gasteiger partial charge in [-0.15, -0.1) is 0 Å². The predicted octanol–water partition coefficient (Wildman–Crippen LogP) is 3.32. The van der Waals surface area contributed by atoms with Gasteiger partial charge in [-0.3, -0.25) is 0 Å². The van der Waals surface area contributed by atoms with E-state index in [0.717, 1.165) is 11.1 Å². The highest BCUT2D eigenvalue weighted by atomic mass is 16.5. The fraction of sp³-hybridized carbons (Fsp3) is 0.286. The van der Waals surface area contributed by atoms with Crippen molar-refractivity contribution in [2.45, 2.75) is 18.9 Å². The summed E-state index contributed by atoms with van der Waals surface area (Å²) in [6.45, 7) is 1.89. The Balaban J connectivity index is 2.30. The molecule has 0 aromatic heterocycles. The number of aliphatic hydroxyl groups excluding tert-OH is 1. The smallest absolute Gasteiger partial charge is 0.125 e. The number of allylic oxidation sites excluding steroid dienone is 2. The second-order valence-corrected chi connectivity index (χ2v) is 4.19. The maximum absolute atomic E-state index is 9.96. The number of aliphatic hydroxyl groups is 1. The molecule has 0 bridgehead atoms. The lowest BCUT2D eigenvalue weighted by Crippen LogP contribution is -2.31. The summed E-state index contributed by atoms with van der Waals surface area (Å²) in [6.07, 6.45) is 4.57. The number of rotatable bonds is 2. The molecule has 16 heavy (non-hydrogen) atoms. The first kappa shape index (κ1) is 11.0. The molecule has 0 radical (unpaired) electrons. The molecule has 1 aliphatic rings. The Morgan fingerprint density at radius 1 is 1.25 bits per heavy atom. The van der Waals surface area contributed by atoms with Crippen LogP contribution in [-0.4, -0.2) is 17.8 Å². The lowest BCUT2D eigenvalue weighted by Gasteiger charge is -2.29. The Bertz CT molecular complexity index is 431. The zero-order valence-corrected chi connectivity index (χ0v) is 9.60. The minimum atomic E-state index is -0.571. The van der Waals surface area contributed by atoms with Crippen molar-refractivity contribution in [2.24, 2.45) is 0 Å². The van der Waals surface area contributed by atoms with E-state index >= 15 is 0 Å². The average molecular weight is 216 g/mol. The van der Waals surface area contributed by atoms with Crippen molar-refractivity contribution in [1.29, 1.82) is 0 Å². The summed E-state index contributed by atoms with van der Waals surface area (Å²) >= 11 is 0. The fourth-order valence-electron chi connectivity index (χ4n) is 1.79. The van der Waals surface area contributed by atoms with Gasteiger partial charge in [0.15, 0.2) is 0 Å². The third-order valence-corrected chi connectivity index (χ3v) is 3.10. The third kappa shape index (κ3) is 1.89. The Hall–Kier alpha value is -1.54. The number of methoxy groups -OCH3 is 1. The minimum absolute atomic E-state index is 0.288. The topological polar surface area (TPSA) is 29.5 Å². The summed E-state index contributed by atoms with van der Waals surface area (Å²) in [7, 11) is 1.62. The van der Waals surface area contributed by atoms with Crippen LogP contribution >= 0.6 is 0 Å². The number of ether oxygens (including phenoxy) is 1. The molecule has 1 aromatic carbocycles. The van der Waals surface area contributed by atoms with Crippen molar-refractivity contribution in [3.8, 4) is 0 Å². The van der Waals surface area contributed by atoms with Crippen LogP contribution in [0.4, 0.5) is 0 Å². The number of benzene rings is 1. The lowest BCUT2D eigenvalue weighted by molar-refractivity contribution is 0.00617. The van der Waals surface area contributed by atoms with Crippen LogP contribution in [0.5, 0.6) is 0 Å². The van der Waals surface area contributed by atoms with Crippen molar-refractivity contribution in [3.63, 3.8) is 0 Å². The molecule has 2 nitrogen and oxygen atoms in total. The van der Waals surface area contributed by atoms with E-state index in [1.165, 1.54) is 0 Å². The second kappa shape index (κ2) is 4.14. The van der Waals surface area contributed by atoms with Crippen LogP contribution in [0.25, 0.3) is 5.57 Å². The van der Waals surface area contributed by atoms with Gasteiger partial charge in [-0.2, -0.15) is 0 Å². The molecule has 1 N–H and O–H groups in total. The standard InChI is InChI=1S/C14H16O2/c1-14(16-2)9-8-12(10-13(14)15)11-6-4-3-5-7-11/h3-8,10,15H,9H2,1-2H3/t14-/m0/s1. The molecular formula is C14H16O2. The van der Waals surface area contributed by atoms with Crippen molar-refractivity contribution in [1.82, 2.24) is 0 Å². The first-order chi connectivity index (χ1) is 7.65. The van der Waals surface area contributed by atoms with Crippen LogP contribution in [-0.2, 0) is 4.74 Å². The molecule has 0 fully saturated rings. The van der Waals surface area contributed by atoms with E-state index < -0.39 is 5.60 Å². The Labute approximate surface area is 95.9 Å². The molecule has 0 heterocycles. The SMILES string of the molecule is CO[C@@]1(C)CC=C(c2ccccc2)C=C1O. The van der Waals surface area contributed by atoms with E-state index in [2.05, 4.69) is 6.08 Å². The van der Waals surface area contributed by atoms with Gasteiger partial charge < -0.3 is 9.84 Å². The van der Waals surface area contributed by atoms with Gasteiger partial charge >= 0.3 is 0 Å². The van der Waals surface area contributed by atoms with Crippen molar-refractivity contribution in [2.75, 3.05) is 7.11 Å². The summed E-state index contributed by atoms with van der Waals surface area (Å²) in [5.74, 6) is 0.288. The van der Waals surface area contributed by atoms with Crippen molar-refractivity contribution < 1.29 is 9.84 Å². The molecule has 1 aromatic rings. The predicted molar refractivity (Wildman–Crippen MR) is 65.2 cm³/mol. The molecule has 0 saturated carbocycles. The molecule has 84 valence electrons. The lowest BCUT2D eigenvalue weighted by atomic mass is 9.89. The first-order valence-electron chi connectivity index (χ1n) is 5.37. The van der Waals surface area contributed by atoms with Gasteiger partial charge in [-0.05, 0) is 24.1 Å². The Morgan fingerprint density at radius 3 is 2.50 bits per heavy atom. The summed E-state index contributed by atoms with van der Waals surface area (Å²) < 4.78 is 5.31. The van der Waals surface area contributed by atoms with E-state index in [9.17, 15) is 5.11 Å². The van der Waals surface area contributed by atoms with Gasteiger partial charge in [0.1, 0.15) is 11.4 Å². The Kier molecular flexibility index (Phi) is 2.84. The normalized spacial score (nSPS) is 24.9. The highest BCUT2D eigenvalue weighted by Crippen LogP contribution is 2.32. The molecule has 0 unspecified atom stereocenters. The first-order valence-corrected chi connectivity index (χ1v) is 5.37. The molecule has 2 rings (SSSR count). The zero-order chi connectivity index (χ0) is 11.6. The molecule has 2 heteroatoms. The molecular weight excluding hydrogens is 200 g/mol. The second-order valence-electron chi connectivity index (χ2n) is 4.19. The highest BCUT2D eigenvalue weighted by Gasteiger charge is 2.30.